The molecule has 1 atom stereocenters. The summed E-state index contributed by atoms with van der Waals surface area (Å²) in [6, 6.07) is 7.94. The quantitative estimate of drug-likeness (QED) is 0.337. The van der Waals surface area contributed by atoms with Crippen molar-refractivity contribution in [2.45, 2.75) is 30.9 Å². The maximum atomic E-state index is 15.7. The molecular weight excluding hydrogens is 511 g/mol. The van der Waals surface area contributed by atoms with Crippen molar-refractivity contribution in [3.8, 4) is 5.75 Å². The van der Waals surface area contributed by atoms with E-state index in [0.717, 1.165) is 41.5 Å². The van der Waals surface area contributed by atoms with Crippen molar-refractivity contribution in [2.24, 2.45) is 0 Å². The monoisotopic (exact) mass is 527 g/mol. The van der Waals surface area contributed by atoms with Gasteiger partial charge in [-0.1, -0.05) is 12.1 Å². The summed E-state index contributed by atoms with van der Waals surface area (Å²) < 4.78 is 104. The minimum Gasteiger partial charge on any atom is -0.487 e. The Morgan fingerprint density at radius 1 is 0.946 bits per heavy atom. The SMILES string of the molecule is OC(Cn1cnnn1)(c1ccc(F)cc1F)C(F)(F)c1ccc(OCc2cccc(C(F)(F)F)c2)cn1. The first-order chi connectivity index (χ1) is 17.4. The van der Waals surface area contributed by atoms with E-state index in [2.05, 4.69) is 20.5 Å². The molecule has 0 spiro atoms. The molecule has 0 radical (unpaired) electrons. The Morgan fingerprint density at radius 2 is 1.73 bits per heavy atom. The summed E-state index contributed by atoms with van der Waals surface area (Å²) in [7, 11) is 0. The van der Waals surface area contributed by atoms with Crippen molar-refractivity contribution in [3.05, 3.63) is 101 Å². The van der Waals surface area contributed by atoms with Crippen LogP contribution in [0.25, 0.3) is 0 Å². The summed E-state index contributed by atoms with van der Waals surface area (Å²) in [4.78, 5) is 3.62. The molecule has 2 heterocycles. The van der Waals surface area contributed by atoms with Crippen LogP contribution in [0.5, 0.6) is 5.75 Å². The molecule has 2 aromatic heterocycles. The first-order valence-corrected chi connectivity index (χ1v) is 10.4. The molecule has 1 N–H and O–H groups in total. The molecule has 4 rings (SSSR count). The third kappa shape index (κ3) is 5.38. The fourth-order valence-corrected chi connectivity index (χ4v) is 3.53. The number of benzene rings is 2. The normalized spacial score (nSPS) is 13.8. The number of aromatic nitrogens is 5. The minimum absolute atomic E-state index is 0.0612. The van der Waals surface area contributed by atoms with Crippen molar-refractivity contribution in [1.82, 2.24) is 25.2 Å². The molecule has 0 aliphatic rings. The van der Waals surface area contributed by atoms with Gasteiger partial charge in [0.25, 0.3) is 0 Å². The first-order valence-electron chi connectivity index (χ1n) is 10.4. The second-order valence-electron chi connectivity index (χ2n) is 7.93. The molecule has 14 heteroatoms. The van der Waals surface area contributed by atoms with Crippen molar-refractivity contribution >= 4 is 0 Å². The number of halogens is 7. The zero-order valence-corrected chi connectivity index (χ0v) is 18.5. The Kier molecular flexibility index (Phi) is 6.86. The Morgan fingerprint density at radius 3 is 2.35 bits per heavy atom. The number of hydrogen-bond acceptors (Lipinski definition) is 6. The Balaban J connectivity index is 1.60. The van der Waals surface area contributed by atoms with E-state index >= 15 is 8.78 Å². The third-order valence-corrected chi connectivity index (χ3v) is 5.40. The number of nitrogens with zero attached hydrogens (tertiary/aromatic N) is 5. The smallest absolute Gasteiger partial charge is 0.416 e. The highest BCUT2D eigenvalue weighted by Gasteiger charge is 2.58. The summed E-state index contributed by atoms with van der Waals surface area (Å²) in [5, 5.41) is 21.1. The van der Waals surface area contributed by atoms with Crippen LogP contribution in [0.15, 0.2) is 67.1 Å². The van der Waals surface area contributed by atoms with Crippen LogP contribution >= 0.6 is 0 Å². The van der Waals surface area contributed by atoms with Crippen LogP contribution in [0, 0.1) is 11.6 Å². The van der Waals surface area contributed by atoms with Crippen molar-refractivity contribution in [2.75, 3.05) is 0 Å². The lowest BCUT2D eigenvalue weighted by Crippen LogP contribution is -2.48. The fourth-order valence-electron chi connectivity index (χ4n) is 3.53. The Labute approximate surface area is 204 Å². The molecule has 0 aliphatic heterocycles. The van der Waals surface area contributed by atoms with Crippen LogP contribution < -0.4 is 4.74 Å². The van der Waals surface area contributed by atoms with Crippen LogP contribution in [-0.4, -0.2) is 30.3 Å². The summed E-state index contributed by atoms with van der Waals surface area (Å²) in [6.07, 6.45) is -2.76. The molecule has 7 nitrogen and oxygen atoms in total. The van der Waals surface area contributed by atoms with Crippen LogP contribution in [0.2, 0.25) is 0 Å². The highest BCUT2D eigenvalue weighted by Crippen LogP contribution is 2.46. The molecule has 194 valence electrons. The number of pyridine rings is 1. The van der Waals surface area contributed by atoms with Gasteiger partial charge in [0.15, 0.2) is 5.60 Å². The molecule has 4 aromatic rings. The number of rotatable bonds is 8. The van der Waals surface area contributed by atoms with Gasteiger partial charge in [0.1, 0.15) is 36.0 Å². The van der Waals surface area contributed by atoms with Crippen molar-refractivity contribution in [3.63, 3.8) is 0 Å². The van der Waals surface area contributed by atoms with Crippen LogP contribution in [0.1, 0.15) is 22.4 Å². The average Bonchev–Trinajstić information content (AvgIpc) is 3.35. The Hall–Kier alpha value is -4.07. The van der Waals surface area contributed by atoms with Gasteiger partial charge in [-0.2, -0.15) is 22.0 Å². The molecule has 2 aromatic carbocycles. The van der Waals surface area contributed by atoms with E-state index in [1.54, 1.807) is 0 Å². The second-order valence-corrected chi connectivity index (χ2v) is 7.93. The molecule has 1 unspecified atom stereocenters. The summed E-state index contributed by atoms with van der Waals surface area (Å²) in [6.45, 7) is -1.34. The number of hydrogen-bond donors (Lipinski definition) is 1. The van der Waals surface area contributed by atoms with Crippen LogP contribution in [-0.2, 0) is 30.9 Å². The fraction of sp³-hybridized carbons (Fsp3) is 0.217. The van der Waals surface area contributed by atoms with Gasteiger partial charge in [-0.15, -0.1) is 5.10 Å². The lowest BCUT2D eigenvalue weighted by Gasteiger charge is -2.35. The molecule has 0 amide bonds. The summed E-state index contributed by atoms with van der Waals surface area (Å²) in [5.41, 5.74) is -5.95. The van der Waals surface area contributed by atoms with Gasteiger partial charge >= 0.3 is 12.1 Å². The van der Waals surface area contributed by atoms with E-state index in [1.807, 2.05) is 0 Å². The van der Waals surface area contributed by atoms with E-state index in [9.17, 15) is 27.1 Å². The highest BCUT2D eigenvalue weighted by atomic mass is 19.4. The molecule has 0 aliphatic carbocycles. The van der Waals surface area contributed by atoms with E-state index < -0.39 is 52.7 Å². The van der Waals surface area contributed by atoms with Crippen LogP contribution in [0.3, 0.4) is 0 Å². The summed E-state index contributed by atoms with van der Waals surface area (Å²) >= 11 is 0. The van der Waals surface area contributed by atoms with Crippen molar-refractivity contribution < 1.29 is 40.6 Å². The Bertz CT molecular complexity index is 1360. The predicted molar refractivity (Wildman–Crippen MR) is 112 cm³/mol. The van der Waals surface area contributed by atoms with Gasteiger partial charge in [-0.25, -0.2) is 13.5 Å². The lowest BCUT2D eigenvalue weighted by molar-refractivity contribution is -0.207. The molecule has 37 heavy (non-hydrogen) atoms. The molecular formula is C23H16F7N5O2. The van der Waals surface area contributed by atoms with Gasteiger partial charge in [0.2, 0.25) is 0 Å². The zero-order valence-electron chi connectivity index (χ0n) is 18.5. The topological polar surface area (TPSA) is 86.0 Å². The maximum Gasteiger partial charge on any atom is 0.416 e. The van der Waals surface area contributed by atoms with E-state index in [0.29, 0.717) is 18.2 Å². The number of alkyl halides is 5. The summed E-state index contributed by atoms with van der Waals surface area (Å²) in [5.74, 6) is -6.81. The second kappa shape index (κ2) is 9.76. The molecule has 0 bridgehead atoms. The zero-order chi connectivity index (χ0) is 26.8. The van der Waals surface area contributed by atoms with Gasteiger partial charge in [-0.3, -0.25) is 4.98 Å². The van der Waals surface area contributed by atoms with Gasteiger partial charge < -0.3 is 9.84 Å². The molecule has 0 fully saturated rings. The van der Waals surface area contributed by atoms with Gasteiger partial charge in [0.05, 0.1) is 18.3 Å². The van der Waals surface area contributed by atoms with Gasteiger partial charge in [0, 0.05) is 11.6 Å². The highest BCUT2D eigenvalue weighted by molar-refractivity contribution is 5.33. The number of aliphatic hydroxyl groups is 1. The maximum absolute atomic E-state index is 15.7. The average molecular weight is 527 g/mol. The van der Waals surface area contributed by atoms with Gasteiger partial charge in [-0.05, 0) is 52.4 Å². The predicted octanol–water partition coefficient (Wildman–Crippen LogP) is 4.62. The largest absolute Gasteiger partial charge is 0.487 e. The van der Waals surface area contributed by atoms with E-state index in [1.165, 1.54) is 12.1 Å². The standard InChI is InChI=1S/C23H16F7N5O2/c24-16-4-6-18(19(25)9-16)21(36,12-35-13-32-33-34-35)22(26,27)20-7-5-17(10-31-20)37-11-14-2-1-3-15(8-14)23(28,29)30/h1-10,13,36H,11-12H2. The van der Waals surface area contributed by atoms with E-state index in [4.69, 9.17) is 4.74 Å². The minimum atomic E-state index is -4.55. The number of ether oxygens (including phenoxy) is 1. The molecule has 0 saturated carbocycles. The lowest BCUT2D eigenvalue weighted by atomic mass is 9.84. The van der Waals surface area contributed by atoms with Crippen molar-refractivity contribution in [1.29, 1.82) is 0 Å². The van der Waals surface area contributed by atoms with E-state index in [-0.39, 0.29) is 17.9 Å². The third-order valence-electron chi connectivity index (χ3n) is 5.40. The van der Waals surface area contributed by atoms with Crippen LogP contribution in [0.4, 0.5) is 30.7 Å². The number of tetrazole rings is 1. The molecule has 0 saturated heterocycles. The first kappa shape index (κ1) is 26.0.